The third kappa shape index (κ3) is 2.78. The monoisotopic (exact) mass is 228 g/mol. The van der Waals surface area contributed by atoms with Gasteiger partial charge in [-0.3, -0.25) is 4.79 Å². The van der Waals surface area contributed by atoms with Crippen LogP contribution in [0.4, 0.5) is 8.78 Å². The Kier molecular flexibility index (Phi) is 3.99. The van der Waals surface area contributed by atoms with Crippen molar-refractivity contribution in [2.45, 2.75) is 20.3 Å². The number of hydrogen-bond donors (Lipinski definition) is 1. The van der Waals surface area contributed by atoms with Crippen LogP contribution in [0.25, 0.3) is 0 Å². The van der Waals surface area contributed by atoms with Crippen LogP contribution in [0.3, 0.4) is 0 Å². The van der Waals surface area contributed by atoms with Crippen LogP contribution in [0.2, 0.25) is 0 Å². The lowest BCUT2D eigenvalue weighted by molar-refractivity contribution is -0.142. The molecule has 0 aliphatic carbocycles. The molecule has 88 valence electrons. The minimum absolute atomic E-state index is 0.0388. The summed E-state index contributed by atoms with van der Waals surface area (Å²) >= 11 is 0. The van der Waals surface area contributed by atoms with Crippen molar-refractivity contribution in [3.63, 3.8) is 0 Å². The molecule has 0 aromatic heterocycles. The van der Waals surface area contributed by atoms with Crippen molar-refractivity contribution in [1.29, 1.82) is 0 Å². The maximum Gasteiger partial charge on any atom is 0.306 e. The Morgan fingerprint density at radius 3 is 2.25 bits per heavy atom. The van der Waals surface area contributed by atoms with Crippen molar-refractivity contribution in [1.82, 2.24) is 0 Å². The smallest absolute Gasteiger partial charge is 0.306 e. The van der Waals surface area contributed by atoms with Crippen LogP contribution in [-0.4, -0.2) is 11.1 Å². The minimum atomic E-state index is -0.954. The number of rotatable bonds is 4. The highest BCUT2D eigenvalue weighted by Gasteiger charge is 2.22. The number of hydrogen-bond acceptors (Lipinski definition) is 1. The number of aliphatic carboxylic acids is 1. The predicted molar refractivity (Wildman–Crippen MR) is 56.0 cm³/mol. The molecular formula is C12H14F2O2. The van der Waals surface area contributed by atoms with Gasteiger partial charge in [-0.2, -0.15) is 0 Å². The molecule has 4 heteroatoms. The van der Waals surface area contributed by atoms with Crippen LogP contribution in [-0.2, 0) is 11.2 Å². The Labute approximate surface area is 92.9 Å². The summed E-state index contributed by atoms with van der Waals surface area (Å²) < 4.78 is 26.6. The average Bonchev–Trinajstić information content (AvgIpc) is 2.22. The molecule has 0 fully saturated rings. The number of carbonyl (C=O) groups is 1. The fourth-order valence-corrected chi connectivity index (χ4v) is 1.47. The van der Waals surface area contributed by atoms with E-state index in [1.807, 2.05) is 0 Å². The lowest BCUT2D eigenvalue weighted by Gasteiger charge is -2.16. The van der Waals surface area contributed by atoms with Gasteiger partial charge in [0.1, 0.15) is 11.6 Å². The molecule has 1 rings (SSSR count). The molecule has 0 heterocycles. The van der Waals surface area contributed by atoms with Gasteiger partial charge in [0.15, 0.2) is 0 Å². The Bertz CT molecular complexity index is 370. The molecule has 0 radical (unpaired) electrons. The number of benzene rings is 1. The molecule has 2 nitrogen and oxygen atoms in total. The van der Waals surface area contributed by atoms with Crippen LogP contribution >= 0.6 is 0 Å². The van der Waals surface area contributed by atoms with Gasteiger partial charge in [0.05, 0.1) is 5.92 Å². The highest BCUT2D eigenvalue weighted by atomic mass is 19.1. The number of carboxylic acids is 1. The van der Waals surface area contributed by atoms with Crippen LogP contribution < -0.4 is 0 Å². The van der Waals surface area contributed by atoms with E-state index >= 15 is 0 Å². The van der Waals surface area contributed by atoms with Gasteiger partial charge >= 0.3 is 5.97 Å². The van der Waals surface area contributed by atoms with Gasteiger partial charge < -0.3 is 5.11 Å². The zero-order chi connectivity index (χ0) is 12.3. The van der Waals surface area contributed by atoms with Crippen molar-refractivity contribution in [2.24, 2.45) is 11.8 Å². The first-order chi connectivity index (χ1) is 7.43. The standard InChI is InChI=1S/C12H14F2O2/c1-7(8(2)12(15)16)6-9-10(13)4-3-5-11(9)14/h3-5,7-8H,6H2,1-2H3,(H,15,16). The molecule has 0 aliphatic heterocycles. The third-order valence-corrected chi connectivity index (χ3v) is 2.83. The summed E-state index contributed by atoms with van der Waals surface area (Å²) in [7, 11) is 0. The van der Waals surface area contributed by atoms with Gasteiger partial charge in [-0.15, -0.1) is 0 Å². The SMILES string of the molecule is CC(Cc1c(F)cccc1F)C(C)C(=O)O. The summed E-state index contributed by atoms with van der Waals surface area (Å²) in [5.74, 6) is -3.14. The summed E-state index contributed by atoms with van der Waals surface area (Å²) in [6, 6.07) is 3.65. The van der Waals surface area contributed by atoms with E-state index in [4.69, 9.17) is 5.11 Å². The number of halogens is 2. The fourth-order valence-electron chi connectivity index (χ4n) is 1.47. The van der Waals surface area contributed by atoms with Crippen LogP contribution in [0.1, 0.15) is 19.4 Å². The molecule has 2 unspecified atom stereocenters. The summed E-state index contributed by atoms with van der Waals surface area (Å²) in [6.07, 6.45) is 0.0893. The zero-order valence-corrected chi connectivity index (χ0v) is 9.21. The third-order valence-electron chi connectivity index (χ3n) is 2.83. The molecular weight excluding hydrogens is 214 g/mol. The molecule has 0 spiro atoms. The Hall–Kier alpha value is -1.45. The Balaban J connectivity index is 2.84. The van der Waals surface area contributed by atoms with Gasteiger partial charge in [-0.05, 0) is 24.5 Å². The molecule has 0 bridgehead atoms. The Morgan fingerprint density at radius 2 is 1.81 bits per heavy atom. The van der Waals surface area contributed by atoms with E-state index in [2.05, 4.69) is 0 Å². The lowest BCUT2D eigenvalue weighted by atomic mass is 9.89. The van der Waals surface area contributed by atoms with Gasteiger partial charge in [-0.25, -0.2) is 8.78 Å². The van der Waals surface area contributed by atoms with E-state index in [-0.39, 0.29) is 17.9 Å². The largest absolute Gasteiger partial charge is 0.481 e. The molecule has 2 atom stereocenters. The van der Waals surface area contributed by atoms with Gasteiger partial charge in [-0.1, -0.05) is 19.9 Å². The molecule has 0 aliphatic rings. The second-order valence-electron chi connectivity index (χ2n) is 4.01. The molecule has 1 aromatic rings. The summed E-state index contributed by atoms with van der Waals surface area (Å²) in [5.41, 5.74) is -0.0388. The van der Waals surface area contributed by atoms with Gasteiger partial charge in [0.25, 0.3) is 0 Å². The van der Waals surface area contributed by atoms with Gasteiger partial charge in [0.2, 0.25) is 0 Å². The predicted octanol–water partition coefficient (Wildman–Crippen LogP) is 2.86. The van der Waals surface area contributed by atoms with E-state index in [1.54, 1.807) is 6.92 Å². The van der Waals surface area contributed by atoms with E-state index in [0.29, 0.717) is 0 Å². The maximum absolute atomic E-state index is 13.3. The molecule has 16 heavy (non-hydrogen) atoms. The molecule has 0 saturated carbocycles. The first-order valence-electron chi connectivity index (χ1n) is 5.09. The molecule has 1 aromatic carbocycles. The normalized spacial score (nSPS) is 14.5. The second kappa shape index (κ2) is 5.05. The molecule has 0 saturated heterocycles. The maximum atomic E-state index is 13.3. The van der Waals surface area contributed by atoms with Crippen LogP contribution in [0.15, 0.2) is 18.2 Å². The lowest BCUT2D eigenvalue weighted by Crippen LogP contribution is -2.20. The number of carboxylic acid groups (broad SMARTS) is 1. The zero-order valence-electron chi connectivity index (χ0n) is 9.21. The summed E-state index contributed by atoms with van der Waals surface area (Å²) in [5, 5.41) is 8.78. The minimum Gasteiger partial charge on any atom is -0.481 e. The molecule has 0 amide bonds. The highest BCUT2D eigenvalue weighted by molar-refractivity contribution is 5.69. The molecule has 1 N–H and O–H groups in total. The first-order valence-corrected chi connectivity index (χ1v) is 5.09. The van der Waals surface area contributed by atoms with E-state index < -0.39 is 23.5 Å². The van der Waals surface area contributed by atoms with E-state index in [1.165, 1.54) is 25.1 Å². The van der Waals surface area contributed by atoms with Crippen LogP contribution in [0, 0.1) is 23.5 Å². The van der Waals surface area contributed by atoms with E-state index in [9.17, 15) is 13.6 Å². The fraction of sp³-hybridized carbons (Fsp3) is 0.417. The van der Waals surface area contributed by atoms with Crippen molar-refractivity contribution in [2.75, 3.05) is 0 Å². The summed E-state index contributed by atoms with van der Waals surface area (Å²) in [4.78, 5) is 10.7. The van der Waals surface area contributed by atoms with Crippen molar-refractivity contribution < 1.29 is 18.7 Å². The first kappa shape index (κ1) is 12.6. The van der Waals surface area contributed by atoms with Crippen molar-refractivity contribution in [3.8, 4) is 0 Å². The Morgan fingerprint density at radius 1 is 1.31 bits per heavy atom. The summed E-state index contributed by atoms with van der Waals surface area (Å²) in [6.45, 7) is 3.20. The van der Waals surface area contributed by atoms with Crippen LogP contribution in [0.5, 0.6) is 0 Å². The highest BCUT2D eigenvalue weighted by Crippen LogP contribution is 2.21. The topological polar surface area (TPSA) is 37.3 Å². The van der Waals surface area contributed by atoms with Crippen molar-refractivity contribution >= 4 is 5.97 Å². The van der Waals surface area contributed by atoms with E-state index in [0.717, 1.165) is 0 Å². The average molecular weight is 228 g/mol. The second-order valence-corrected chi connectivity index (χ2v) is 4.01. The quantitative estimate of drug-likeness (QED) is 0.860. The van der Waals surface area contributed by atoms with Crippen molar-refractivity contribution in [3.05, 3.63) is 35.4 Å². The van der Waals surface area contributed by atoms with Gasteiger partial charge in [0, 0.05) is 5.56 Å².